The molecule has 2 aromatic rings. The summed E-state index contributed by atoms with van der Waals surface area (Å²) in [4.78, 5) is 0. The van der Waals surface area contributed by atoms with Crippen LogP contribution in [0.3, 0.4) is 0 Å². The summed E-state index contributed by atoms with van der Waals surface area (Å²) < 4.78 is 5.64. The Hall–Kier alpha value is -2.15. The van der Waals surface area contributed by atoms with Crippen LogP contribution < -0.4 is 5.32 Å². The molecule has 0 saturated carbocycles. The second-order valence-electron chi connectivity index (χ2n) is 5.19. The van der Waals surface area contributed by atoms with Crippen LogP contribution in [0.15, 0.2) is 54.6 Å². The summed E-state index contributed by atoms with van der Waals surface area (Å²) in [5.41, 5.74) is 3.22. The van der Waals surface area contributed by atoms with Crippen molar-refractivity contribution in [3.63, 3.8) is 0 Å². The number of hydrogen-bond donors (Lipinski definition) is 1. The van der Waals surface area contributed by atoms with Crippen molar-refractivity contribution in [3.8, 4) is 6.07 Å². The maximum atomic E-state index is 8.74. The van der Waals surface area contributed by atoms with E-state index in [1.165, 1.54) is 11.1 Å². The third-order valence-electron chi connectivity index (χ3n) is 3.43. The third kappa shape index (κ3) is 6.09. The lowest BCUT2D eigenvalue weighted by atomic mass is 10.1. The number of benzene rings is 2. The van der Waals surface area contributed by atoms with Gasteiger partial charge in [-0.25, -0.2) is 0 Å². The Labute approximate surface area is 132 Å². The maximum Gasteiger partial charge on any atom is 0.0991 e. The molecule has 0 radical (unpaired) electrons. The van der Waals surface area contributed by atoms with E-state index in [1.54, 1.807) is 0 Å². The minimum Gasteiger partial charge on any atom is -0.381 e. The average Bonchev–Trinajstić information content (AvgIpc) is 2.59. The van der Waals surface area contributed by atoms with Crippen molar-refractivity contribution in [2.24, 2.45) is 0 Å². The number of nitrogens with one attached hydrogen (secondary N) is 1. The van der Waals surface area contributed by atoms with E-state index in [1.807, 2.05) is 30.3 Å². The lowest BCUT2D eigenvalue weighted by molar-refractivity contribution is 0.134. The first-order valence-electron chi connectivity index (χ1n) is 7.70. The van der Waals surface area contributed by atoms with Gasteiger partial charge >= 0.3 is 0 Å². The van der Waals surface area contributed by atoms with E-state index in [9.17, 15) is 0 Å². The summed E-state index contributed by atoms with van der Waals surface area (Å²) in [5.74, 6) is 0. The van der Waals surface area contributed by atoms with Crippen LogP contribution in [0.2, 0.25) is 0 Å². The summed E-state index contributed by atoms with van der Waals surface area (Å²) in [6, 6.07) is 20.2. The van der Waals surface area contributed by atoms with Crippen molar-refractivity contribution >= 4 is 0 Å². The summed E-state index contributed by atoms with van der Waals surface area (Å²) in [5, 5.41) is 12.1. The van der Waals surface area contributed by atoms with Gasteiger partial charge in [-0.05, 0) is 42.6 Å². The van der Waals surface area contributed by atoms with E-state index in [-0.39, 0.29) is 0 Å². The summed E-state index contributed by atoms with van der Waals surface area (Å²) in [6.07, 6.45) is 1.98. The van der Waals surface area contributed by atoms with Gasteiger partial charge in [-0.2, -0.15) is 5.26 Å². The smallest absolute Gasteiger partial charge is 0.0991 e. The Morgan fingerprint density at radius 1 is 0.909 bits per heavy atom. The molecule has 3 heteroatoms. The fourth-order valence-corrected chi connectivity index (χ4v) is 2.17. The number of nitrogens with zero attached hydrogens (tertiary/aromatic N) is 1. The average molecular weight is 294 g/mol. The van der Waals surface area contributed by atoms with Crippen molar-refractivity contribution in [1.29, 1.82) is 5.26 Å². The normalized spacial score (nSPS) is 10.3. The lowest BCUT2D eigenvalue weighted by Crippen LogP contribution is -2.16. The topological polar surface area (TPSA) is 45.0 Å². The van der Waals surface area contributed by atoms with E-state index >= 15 is 0 Å². The zero-order chi connectivity index (χ0) is 15.5. The fraction of sp³-hybridized carbons (Fsp3) is 0.316. The standard InChI is InChI=1S/C19H22N2O/c20-15-18-7-9-19(10-8-18)16-21-12-4-13-22-14-11-17-5-2-1-3-6-17/h1-3,5-10,21H,4,11-14,16H2. The molecule has 22 heavy (non-hydrogen) atoms. The van der Waals surface area contributed by atoms with Gasteiger partial charge < -0.3 is 10.1 Å². The molecule has 2 rings (SSSR count). The molecule has 0 aliphatic rings. The van der Waals surface area contributed by atoms with Gasteiger partial charge in [0.05, 0.1) is 18.2 Å². The molecule has 0 aromatic heterocycles. The first-order valence-corrected chi connectivity index (χ1v) is 7.70. The molecular formula is C19H22N2O. The molecule has 0 atom stereocenters. The monoisotopic (exact) mass is 294 g/mol. The summed E-state index contributed by atoms with van der Waals surface area (Å²) in [6.45, 7) is 3.33. The number of hydrogen-bond acceptors (Lipinski definition) is 3. The molecule has 0 amide bonds. The van der Waals surface area contributed by atoms with E-state index < -0.39 is 0 Å². The lowest BCUT2D eigenvalue weighted by Gasteiger charge is -2.06. The predicted molar refractivity (Wildman–Crippen MR) is 88.4 cm³/mol. The highest BCUT2D eigenvalue weighted by Crippen LogP contribution is 2.03. The molecular weight excluding hydrogens is 272 g/mol. The Bertz CT molecular complexity index is 573. The molecule has 0 aliphatic heterocycles. The van der Waals surface area contributed by atoms with Crippen molar-refractivity contribution in [2.75, 3.05) is 19.8 Å². The molecule has 3 nitrogen and oxygen atoms in total. The van der Waals surface area contributed by atoms with Crippen LogP contribution >= 0.6 is 0 Å². The van der Waals surface area contributed by atoms with Crippen molar-refractivity contribution in [2.45, 2.75) is 19.4 Å². The largest absolute Gasteiger partial charge is 0.381 e. The van der Waals surface area contributed by atoms with Gasteiger partial charge in [0, 0.05) is 13.2 Å². The van der Waals surface area contributed by atoms with Gasteiger partial charge in [-0.3, -0.25) is 0 Å². The highest BCUT2D eigenvalue weighted by atomic mass is 16.5. The second kappa shape index (κ2) is 9.73. The first kappa shape index (κ1) is 16.2. The van der Waals surface area contributed by atoms with Crippen LogP contribution in [0.5, 0.6) is 0 Å². The number of nitriles is 1. The molecule has 2 aromatic carbocycles. The molecule has 1 N–H and O–H groups in total. The maximum absolute atomic E-state index is 8.74. The van der Waals surface area contributed by atoms with E-state index in [0.29, 0.717) is 5.56 Å². The summed E-state index contributed by atoms with van der Waals surface area (Å²) >= 11 is 0. The SMILES string of the molecule is N#Cc1ccc(CNCCCOCCc2ccccc2)cc1. The van der Waals surface area contributed by atoms with Crippen LogP contribution in [0, 0.1) is 11.3 Å². The van der Waals surface area contributed by atoms with Gasteiger partial charge in [0.1, 0.15) is 0 Å². The number of rotatable bonds is 9. The molecule has 0 fully saturated rings. The van der Waals surface area contributed by atoms with Gasteiger partial charge in [0.25, 0.3) is 0 Å². The Balaban J connectivity index is 1.48. The highest BCUT2D eigenvalue weighted by Gasteiger charge is 1.95. The van der Waals surface area contributed by atoms with E-state index in [0.717, 1.165) is 39.1 Å². The van der Waals surface area contributed by atoms with Crippen LogP contribution in [0.25, 0.3) is 0 Å². The Kier molecular flexibility index (Phi) is 7.17. The summed E-state index contributed by atoms with van der Waals surface area (Å²) in [7, 11) is 0. The Morgan fingerprint density at radius 2 is 1.68 bits per heavy atom. The van der Waals surface area contributed by atoms with Gasteiger partial charge in [0.2, 0.25) is 0 Å². The van der Waals surface area contributed by atoms with Crippen molar-refractivity contribution in [1.82, 2.24) is 5.32 Å². The van der Waals surface area contributed by atoms with Gasteiger partial charge in [-0.15, -0.1) is 0 Å². The zero-order valence-electron chi connectivity index (χ0n) is 12.8. The molecule has 0 heterocycles. The molecule has 0 saturated heterocycles. The van der Waals surface area contributed by atoms with Gasteiger partial charge in [-0.1, -0.05) is 42.5 Å². The van der Waals surface area contributed by atoms with Crippen molar-refractivity contribution in [3.05, 3.63) is 71.3 Å². The number of ether oxygens (including phenoxy) is 1. The minimum absolute atomic E-state index is 0.704. The van der Waals surface area contributed by atoms with Crippen LogP contribution in [-0.2, 0) is 17.7 Å². The molecule has 0 bridgehead atoms. The first-order chi connectivity index (χ1) is 10.9. The van der Waals surface area contributed by atoms with Crippen LogP contribution in [0.4, 0.5) is 0 Å². The third-order valence-corrected chi connectivity index (χ3v) is 3.43. The van der Waals surface area contributed by atoms with Gasteiger partial charge in [0.15, 0.2) is 0 Å². The molecule has 0 aliphatic carbocycles. The van der Waals surface area contributed by atoms with E-state index in [2.05, 4.69) is 35.7 Å². The Morgan fingerprint density at radius 3 is 2.41 bits per heavy atom. The minimum atomic E-state index is 0.704. The van der Waals surface area contributed by atoms with E-state index in [4.69, 9.17) is 10.00 Å². The second-order valence-corrected chi connectivity index (χ2v) is 5.19. The quantitative estimate of drug-likeness (QED) is 0.722. The van der Waals surface area contributed by atoms with Crippen LogP contribution in [0.1, 0.15) is 23.1 Å². The zero-order valence-corrected chi connectivity index (χ0v) is 12.8. The van der Waals surface area contributed by atoms with Crippen LogP contribution in [-0.4, -0.2) is 19.8 Å². The van der Waals surface area contributed by atoms with Crippen molar-refractivity contribution < 1.29 is 4.74 Å². The predicted octanol–water partition coefficient (Wildman–Crippen LogP) is 3.30. The molecule has 0 unspecified atom stereocenters. The fourth-order valence-electron chi connectivity index (χ4n) is 2.17. The highest BCUT2D eigenvalue weighted by molar-refractivity contribution is 5.31. The molecule has 114 valence electrons. The molecule has 0 spiro atoms.